The molecule has 0 amide bonds. The molecule has 9 heteroatoms. The molecule has 0 saturated heterocycles. The van der Waals surface area contributed by atoms with Gasteiger partial charge in [-0.15, -0.1) is 10.2 Å². The minimum atomic E-state index is -0.748. The van der Waals surface area contributed by atoms with Crippen LogP contribution in [0.3, 0.4) is 0 Å². The third-order valence-corrected chi connectivity index (χ3v) is 6.57. The zero-order valence-electron chi connectivity index (χ0n) is 18.6. The standard InChI is InChI=1S/C24H23ClN2O5S/c1-13-26-27-24(33-13)15-7-5-14(6-8-15)23(31-4)22(28)18-10-9-17(32-18)16-11-19(29-2)21(25)20(12-16)30-3/h5-9,11-12,18,23H,10H2,1-4H3. The third-order valence-electron chi connectivity index (χ3n) is 5.31. The van der Waals surface area contributed by atoms with E-state index in [2.05, 4.69) is 10.2 Å². The first kappa shape index (κ1) is 23.2. The molecule has 0 radical (unpaired) electrons. The van der Waals surface area contributed by atoms with Crippen molar-refractivity contribution in [3.63, 3.8) is 0 Å². The van der Waals surface area contributed by atoms with Gasteiger partial charge in [0.05, 0.1) is 14.2 Å². The number of aryl methyl sites for hydroxylation is 1. The minimum Gasteiger partial charge on any atom is -0.495 e. The van der Waals surface area contributed by atoms with Gasteiger partial charge in [0.25, 0.3) is 0 Å². The van der Waals surface area contributed by atoms with E-state index < -0.39 is 12.2 Å². The fraction of sp³-hybridized carbons (Fsp3) is 0.292. The van der Waals surface area contributed by atoms with Crippen LogP contribution >= 0.6 is 22.9 Å². The molecule has 2 atom stereocenters. The third kappa shape index (κ3) is 4.73. The molecule has 0 saturated carbocycles. The predicted molar refractivity (Wildman–Crippen MR) is 127 cm³/mol. The maximum Gasteiger partial charge on any atom is 0.206 e. The molecule has 1 aliphatic rings. The smallest absolute Gasteiger partial charge is 0.206 e. The fourth-order valence-corrected chi connectivity index (χ4v) is 4.59. The Morgan fingerprint density at radius 1 is 1.09 bits per heavy atom. The van der Waals surface area contributed by atoms with Gasteiger partial charge >= 0.3 is 0 Å². The van der Waals surface area contributed by atoms with Crippen molar-refractivity contribution in [2.24, 2.45) is 0 Å². The van der Waals surface area contributed by atoms with Crippen LogP contribution in [0, 0.1) is 6.92 Å². The second-order valence-corrected chi connectivity index (χ2v) is 8.93. The predicted octanol–water partition coefficient (Wildman–Crippen LogP) is 5.27. The zero-order chi connectivity index (χ0) is 23.5. The number of nitrogens with zero attached hydrogens (tertiary/aromatic N) is 2. The van der Waals surface area contributed by atoms with Gasteiger partial charge in [-0.2, -0.15) is 0 Å². The van der Waals surface area contributed by atoms with Crippen LogP contribution in [0.2, 0.25) is 5.02 Å². The Morgan fingerprint density at radius 2 is 1.76 bits per heavy atom. The first-order valence-electron chi connectivity index (χ1n) is 10.2. The van der Waals surface area contributed by atoms with E-state index in [9.17, 15) is 4.79 Å². The van der Waals surface area contributed by atoms with Crippen molar-refractivity contribution in [1.82, 2.24) is 10.2 Å². The number of methoxy groups -OCH3 is 3. The SMILES string of the molecule is COc1cc(C2=CCC(C(=O)C(OC)c3ccc(-c4nnc(C)s4)cc3)O2)cc(OC)c1Cl. The van der Waals surface area contributed by atoms with Gasteiger partial charge in [0, 0.05) is 24.7 Å². The van der Waals surface area contributed by atoms with E-state index in [1.807, 2.05) is 37.3 Å². The second-order valence-electron chi connectivity index (χ2n) is 7.37. The molecule has 1 aliphatic heterocycles. The van der Waals surface area contributed by atoms with Crippen LogP contribution < -0.4 is 9.47 Å². The summed E-state index contributed by atoms with van der Waals surface area (Å²) in [5.41, 5.74) is 2.41. The average molecular weight is 487 g/mol. The highest BCUT2D eigenvalue weighted by Gasteiger charge is 2.33. The van der Waals surface area contributed by atoms with Crippen molar-refractivity contribution in [3.8, 4) is 22.1 Å². The number of rotatable bonds is 8. The van der Waals surface area contributed by atoms with Gasteiger partial charge in [-0.1, -0.05) is 47.2 Å². The lowest BCUT2D eigenvalue weighted by atomic mass is 9.99. The largest absolute Gasteiger partial charge is 0.495 e. The Hall–Kier alpha value is -2.94. The Kier molecular flexibility index (Phi) is 6.97. The number of carbonyl (C=O) groups excluding carboxylic acids is 1. The summed E-state index contributed by atoms with van der Waals surface area (Å²) in [5.74, 6) is 1.34. The van der Waals surface area contributed by atoms with Gasteiger partial charge in [0.15, 0.2) is 6.10 Å². The van der Waals surface area contributed by atoms with Gasteiger partial charge in [-0.05, 0) is 30.7 Å². The van der Waals surface area contributed by atoms with Crippen LogP contribution in [0.15, 0.2) is 42.5 Å². The summed E-state index contributed by atoms with van der Waals surface area (Å²) >= 11 is 7.78. The van der Waals surface area contributed by atoms with Gasteiger partial charge in [0.2, 0.25) is 5.78 Å². The van der Waals surface area contributed by atoms with Crippen LogP contribution in [0.4, 0.5) is 0 Å². The van der Waals surface area contributed by atoms with Crippen LogP contribution in [-0.4, -0.2) is 43.4 Å². The molecule has 2 heterocycles. The molecular weight excluding hydrogens is 464 g/mol. The summed E-state index contributed by atoms with van der Waals surface area (Å²) in [6.07, 6.45) is 0.896. The van der Waals surface area contributed by atoms with E-state index in [0.29, 0.717) is 34.3 Å². The van der Waals surface area contributed by atoms with Crippen molar-refractivity contribution in [3.05, 3.63) is 63.6 Å². The number of aromatic nitrogens is 2. The van der Waals surface area contributed by atoms with E-state index in [1.165, 1.54) is 32.7 Å². The summed E-state index contributed by atoms with van der Waals surface area (Å²) in [7, 11) is 4.57. The molecule has 4 rings (SSSR count). The molecule has 7 nitrogen and oxygen atoms in total. The number of carbonyl (C=O) groups is 1. The van der Waals surface area contributed by atoms with Crippen molar-refractivity contribution in [1.29, 1.82) is 0 Å². The molecule has 2 unspecified atom stereocenters. The Morgan fingerprint density at radius 3 is 2.30 bits per heavy atom. The lowest BCUT2D eigenvalue weighted by molar-refractivity contribution is -0.136. The second kappa shape index (κ2) is 9.91. The monoisotopic (exact) mass is 486 g/mol. The molecule has 0 fully saturated rings. The molecule has 172 valence electrons. The highest BCUT2D eigenvalue weighted by Crippen LogP contribution is 2.39. The van der Waals surface area contributed by atoms with Crippen molar-refractivity contribution >= 4 is 34.5 Å². The number of halogens is 1. The van der Waals surface area contributed by atoms with Gasteiger partial charge in [-0.3, -0.25) is 4.79 Å². The van der Waals surface area contributed by atoms with E-state index in [4.69, 9.17) is 30.5 Å². The van der Waals surface area contributed by atoms with Crippen LogP contribution in [0.5, 0.6) is 11.5 Å². The first-order chi connectivity index (χ1) is 15.9. The normalized spacial score (nSPS) is 16.2. The van der Waals surface area contributed by atoms with E-state index >= 15 is 0 Å². The minimum absolute atomic E-state index is 0.156. The van der Waals surface area contributed by atoms with Gasteiger partial charge < -0.3 is 18.9 Å². The van der Waals surface area contributed by atoms with Crippen molar-refractivity contribution in [2.75, 3.05) is 21.3 Å². The van der Waals surface area contributed by atoms with E-state index in [1.54, 1.807) is 12.1 Å². The molecule has 0 aliphatic carbocycles. The lowest BCUT2D eigenvalue weighted by Gasteiger charge is -2.20. The topological polar surface area (TPSA) is 79.8 Å². The van der Waals surface area contributed by atoms with Crippen LogP contribution in [-0.2, 0) is 14.3 Å². The fourth-order valence-electron chi connectivity index (χ4n) is 3.63. The molecule has 3 aromatic rings. The maximum atomic E-state index is 13.2. The molecular formula is C24H23ClN2O5S. The highest BCUT2D eigenvalue weighted by molar-refractivity contribution is 7.14. The van der Waals surface area contributed by atoms with Crippen molar-refractivity contribution in [2.45, 2.75) is 25.6 Å². The Balaban J connectivity index is 1.49. The molecule has 1 aromatic heterocycles. The zero-order valence-corrected chi connectivity index (χ0v) is 20.2. The number of ketones is 1. The van der Waals surface area contributed by atoms with Crippen LogP contribution in [0.25, 0.3) is 16.3 Å². The van der Waals surface area contributed by atoms with Gasteiger partial charge in [0.1, 0.15) is 38.4 Å². The number of ether oxygens (including phenoxy) is 4. The summed E-state index contributed by atoms with van der Waals surface area (Å²) in [6, 6.07) is 11.1. The van der Waals surface area contributed by atoms with E-state index in [-0.39, 0.29) is 5.78 Å². The molecule has 0 bridgehead atoms. The molecule has 2 aromatic carbocycles. The number of hydrogen-bond donors (Lipinski definition) is 0. The highest BCUT2D eigenvalue weighted by atomic mass is 35.5. The molecule has 0 spiro atoms. The summed E-state index contributed by atoms with van der Waals surface area (Å²) in [6.45, 7) is 1.91. The first-order valence-corrected chi connectivity index (χ1v) is 11.4. The lowest BCUT2D eigenvalue weighted by Crippen LogP contribution is -2.27. The maximum absolute atomic E-state index is 13.2. The van der Waals surface area contributed by atoms with E-state index in [0.717, 1.165) is 21.1 Å². The van der Waals surface area contributed by atoms with Crippen LogP contribution in [0.1, 0.15) is 28.7 Å². The van der Waals surface area contributed by atoms with Gasteiger partial charge in [-0.25, -0.2) is 0 Å². The Bertz CT molecular complexity index is 1170. The average Bonchev–Trinajstić information content (AvgIpc) is 3.50. The summed E-state index contributed by atoms with van der Waals surface area (Å²) in [4.78, 5) is 13.2. The summed E-state index contributed by atoms with van der Waals surface area (Å²) in [5, 5.41) is 10.3. The number of hydrogen-bond acceptors (Lipinski definition) is 8. The summed E-state index contributed by atoms with van der Waals surface area (Å²) < 4.78 is 22.2. The van der Waals surface area contributed by atoms with Crippen molar-refractivity contribution < 1.29 is 23.7 Å². The number of Topliss-reactive ketones (excluding diaryl/α,β-unsaturated/α-hetero) is 1. The Labute approximate surface area is 200 Å². The quantitative estimate of drug-likeness (QED) is 0.429. The molecule has 0 N–H and O–H groups in total. The number of benzene rings is 2. The molecule has 33 heavy (non-hydrogen) atoms.